The number of likely N-dealkylation sites (tertiary alicyclic amines) is 1. The lowest BCUT2D eigenvalue weighted by Crippen LogP contribution is -3.14. The summed E-state index contributed by atoms with van der Waals surface area (Å²) < 4.78 is 27.2. The molecule has 1 aliphatic rings. The molecule has 0 bridgehead atoms. The van der Waals surface area contributed by atoms with E-state index < -0.39 is 10.1 Å². The fraction of sp³-hybridized carbons (Fsp3) is 1.00. The Morgan fingerprint density at radius 1 is 1.38 bits per heavy atom. The normalized spacial score (nSPS) is 26.4. The van der Waals surface area contributed by atoms with E-state index in [1.807, 2.05) is 0 Å². The summed E-state index contributed by atoms with van der Waals surface area (Å²) in [6.07, 6.45) is 3.42. The van der Waals surface area contributed by atoms with Crippen molar-refractivity contribution < 1.29 is 17.9 Å². The standard InChI is InChI=1S/C7H15N.CH4O3S/c1-7(2)5-4-6-8(7)3;1-5(2,3)4/h4-6H2,1-3H3;1H3,(H,2,3,4). The molecular weight excluding hydrogens is 190 g/mol. The number of nitrogens with one attached hydrogen (secondary N) is 1. The van der Waals surface area contributed by atoms with Crippen molar-refractivity contribution in [1.82, 2.24) is 0 Å². The van der Waals surface area contributed by atoms with Crippen LogP contribution in [-0.4, -0.2) is 38.4 Å². The molecule has 13 heavy (non-hydrogen) atoms. The third-order valence-electron chi connectivity index (χ3n) is 2.51. The topological polar surface area (TPSA) is 61.6 Å². The van der Waals surface area contributed by atoms with E-state index in [0.717, 1.165) is 0 Å². The second kappa shape index (κ2) is 4.39. The predicted molar refractivity (Wildman–Crippen MR) is 50.7 cm³/mol. The van der Waals surface area contributed by atoms with Gasteiger partial charge in [0, 0.05) is 19.1 Å². The predicted octanol–water partition coefficient (Wildman–Crippen LogP) is -0.765. The zero-order valence-electron chi connectivity index (χ0n) is 8.75. The summed E-state index contributed by atoms with van der Waals surface area (Å²) in [5, 5.41) is 0. The molecule has 0 spiro atoms. The summed E-state index contributed by atoms with van der Waals surface area (Å²) in [5.41, 5.74) is 0.569. The maximum absolute atomic E-state index is 9.08. The van der Waals surface area contributed by atoms with Crippen LogP contribution in [-0.2, 0) is 10.1 Å². The van der Waals surface area contributed by atoms with Gasteiger partial charge in [-0.05, 0) is 13.8 Å². The van der Waals surface area contributed by atoms with Gasteiger partial charge in [0.05, 0.1) is 29.2 Å². The summed E-state index contributed by atoms with van der Waals surface area (Å²) in [7, 11) is -1.63. The molecule has 5 heteroatoms. The third-order valence-corrected chi connectivity index (χ3v) is 2.51. The van der Waals surface area contributed by atoms with Crippen LogP contribution < -0.4 is 4.90 Å². The van der Waals surface area contributed by atoms with E-state index >= 15 is 0 Å². The Bertz CT molecular complexity index is 238. The Balaban J connectivity index is 0.000000252. The van der Waals surface area contributed by atoms with Crippen LogP contribution in [0.2, 0.25) is 0 Å². The fourth-order valence-corrected chi connectivity index (χ4v) is 1.35. The van der Waals surface area contributed by atoms with Crippen molar-refractivity contribution in [3.63, 3.8) is 0 Å². The van der Waals surface area contributed by atoms with Gasteiger partial charge in [0.1, 0.15) is 0 Å². The molecule has 0 aromatic carbocycles. The molecule has 0 saturated carbocycles. The quantitative estimate of drug-likeness (QED) is 0.533. The first-order chi connectivity index (χ1) is 5.63. The van der Waals surface area contributed by atoms with Crippen molar-refractivity contribution in [3.8, 4) is 0 Å². The second-order valence-electron chi connectivity index (χ2n) is 4.22. The van der Waals surface area contributed by atoms with Gasteiger partial charge >= 0.3 is 0 Å². The van der Waals surface area contributed by atoms with E-state index in [1.165, 1.54) is 19.4 Å². The first kappa shape index (κ1) is 12.9. The maximum atomic E-state index is 9.08. The van der Waals surface area contributed by atoms with Gasteiger partial charge in [-0.2, -0.15) is 0 Å². The highest BCUT2D eigenvalue weighted by atomic mass is 32.2. The molecule has 80 valence electrons. The molecule has 1 aliphatic heterocycles. The molecule has 1 fully saturated rings. The number of quaternary nitrogens is 1. The first-order valence-electron chi connectivity index (χ1n) is 4.37. The molecule has 0 aromatic heterocycles. The van der Waals surface area contributed by atoms with E-state index in [4.69, 9.17) is 13.0 Å². The first-order valence-corrected chi connectivity index (χ1v) is 6.18. The van der Waals surface area contributed by atoms with Gasteiger partial charge in [0.15, 0.2) is 0 Å². The summed E-state index contributed by atoms with van der Waals surface area (Å²) in [4.78, 5) is 1.69. The van der Waals surface area contributed by atoms with Crippen LogP contribution in [0.15, 0.2) is 0 Å². The van der Waals surface area contributed by atoms with Crippen molar-refractivity contribution in [2.24, 2.45) is 0 Å². The van der Waals surface area contributed by atoms with Crippen LogP contribution in [0.5, 0.6) is 0 Å². The van der Waals surface area contributed by atoms with Crippen LogP contribution in [0.25, 0.3) is 0 Å². The Hall–Kier alpha value is -0.130. The fourth-order valence-electron chi connectivity index (χ4n) is 1.35. The number of hydrogen-bond acceptors (Lipinski definition) is 3. The lowest BCUT2D eigenvalue weighted by molar-refractivity contribution is -0.915. The van der Waals surface area contributed by atoms with Crippen LogP contribution in [0.1, 0.15) is 26.7 Å². The molecule has 1 atom stereocenters. The maximum Gasteiger partial charge on any atom is 0.0920 e. The molecule has 0 radical (unpaired) electrons. The molecule has 0 aromatic rings. The van der Waals surface area contributed by atoms with Crippen LogP contribution >= 0.6 is 0 Å². The van der Waals surface area contributed by atoms with Gasteiger partial charge in [-0.1, -0.05) is 0 Å². The molecule has 1 rings (SSSR count). The van der Waals surface area contributed by atoms with Crippen molar-refractivity contribution in [1.29, 1.82) is 0 Å². The van der Waals surface area contributed by atoms with Gasteiger partial charge in [-0.25, -0.2) is 8.42 Å². The zero-order chi connectivity index (χ0) is 10.7. The summed E-state index contributed by atoms with van der Waals surface area (Å²) in [6, 6.07) is 0. The Kier molecular flexibility index (Phi) is 4.35. The Labute approximate surface area is 80.7 Å². The SMILES string of the molecule is CS(=O)(=O)[O-].C[NH+]1CCCC1(C)C. The molecule has 0 aliphatic carbocycles. The van der Waals surface area contributed by atoms with E-state index in [0.29, 0.717) is 11.8 Å². The average molecular weight is 209 g/mol. The van der Waals surface area contributed by atoms with Crippen LogP contribution in [0, 0.1) is 0 Å². The van der Waals surface area contributed by atoms with E-state index in [-0.39, 0.29) is 0 Å². The molecule has 0 amide bonds. The van der Waals surface area contributed by atoms with Crippen molar-refractivity contribution in [3.05, 3.63) is 0 Å². The summed E-state index contributed by atoms with van der Waals surface area (Å²) in [5.74, 6) is 0. The lowest BCUT2D eigenvalue weighted by Gasteiger charge is -2.23. The molecule has 1 unspecified atom stereocenters. The molecule has 4 nitrogen and oxygen atoms in total. The van der Waals surface area contributed by atoms with E-state index in [2.05, 4.69) is 20.9 Å². The van der Waals surface area contributed by atoms with Gasteiger partial charge < -0.3 is 9.45 Å². The number of rotatable bonds is 0. The summed E-state index contributed by atoms with van der Waals surface area (Å²) >= 11 is 0. The lowest BCUT2D eigenvalue weighted by atomic mass is 10.0. The zero-order valence-corrected chi connectivity index (χ0v) is 9.57. The highest BCUT2D eigenvalue weighted by molar-refractivity contribution is 7.84. The largest absolute Gasteiger partial charge is 0.748 e. The van der Waals surface area contributed by atoms with Crippen molar-refractivity contribution in [2.75, 3.05) is 19.8 Å². The van der Waals surface area contributed by atoms with Crippen LogP contribution in [0.4, 0.5) is 0 Å². The highest BCUT2D eigenvalue weighted by Gasteiger charge is 2.32. The summed E-state index contributed by atoms with van der Waals surface area (Å²) in [6.45, 7) is 6.05. The van der Waals surface area contributed by atoms with E-state index in [1.54, 1.807) is 4.90 Å². The molecule has 1 N–H and O–H groups in total. The van der Waals surface area contributed by atoms with Crippen molar-refractivity contribution in [2.45, 2.75) is 32.2 Å². The van der Waals surface area contributed by atoms with Gasteiger partial charge in [0.25, 0.3) is 0 Å². The molecular formula is C8H19NO3S. The third kappa shape index (κ3) is 6.98. The van der Waals surface area contributed by atoms with Crippen LogP contribution in [0.3, 0.4) is 0 Å². The minimum Gasteiger partial charge on any atom is -0.748 e. The van der Waals surface area contributed by atoms with Crippen molar-refractivity contribution >= 4 is 10.1 Å². The van der Waals surface area contributed by atoms with Gasteiger partial charge in [-0.15, -0.1) is 0 Å². The van der Waals surface area contributed by atoms with E-state index in [9.17, 15) is 0 Å². The smallest absolute Gasteiger partial charge is 0.0920 e. The van der Waals surface area contributed by atoms with Gasteiger partial charge in [-0.3, -0.25) is 0 Å². The minimum absolute atomic E-state index is 0.569. The molecule has 1 heterocycles. The molecule has 1 saturated heterocycles. The monoisotopic (exact) mass is 209 g/mol. The Morgan fingerprint density at radius 2 is 1.77 bits per heavy atom. The second-order valence-corrected chi connectivity index (χ2v) is 5.63. The average Bonchev–Trinajstić information content (AvgIpc) is 2.07. The Morgan fingerprint density at radius 3 is 1.85 bits per heavy atom. The number of hydrogen-bond donors (Lipinski definition) is 1. The highest BCUT2D eigenvalue weighted by Crippen LogP contribution is 2.10. The van der Waals surface area contributed by atoms with Gasteiger partial charge in [0.2, 0.25) is 0 Å². The minimum atomic E-state index is -3.92.